The van der Waals surface area contributed by atoms with Gasteiger partial charge in [0.1, 0.15) is 5.78 Å². The first-order valence-corrected chi connectivity index (χ1v) is 6.37. The molecule has 0 amide bonds. The molecule has 1 aromatic carbocycles. The van der Waals surface area contributed by atoms with Gasteiger partial charge < -0.3 is 5.73 Å². The zero-order chi connectivity index (χ0) is 13.0. The molecule has 0 spiro atoms. The molecule has 0 aliphatic carbocycles. The van der Waals surface area contributed by atoms with E-state index >= 15 is 0 Å². The second-order valence-electron chi connectivity index (χ2n) is 4.56. The number of carbonyl (C=O) groups excluding carboxylic acids is 1. The number of carbonyl (C=O) groups is 1. The van der Waals surface area contributed by atoms with Crippen LogP contribution in [0.5, 0.6) is 0 Å². The van der Waals surface area contributed by atoms with Gasteiger partial charge in [-0.05, 0) is 29.7 Å². The highest BCUT2D eigenvalue weighted by molar-refractivity contribution is 6.33. The molecule has 0 aliphatic heterocycles. The summed E-state index contributed by atoms with van der Waals surface area (Å²) in [5, 5.41) is 1.16. The van der Waals surface area contributed by atoms with Gasteiger partial charge in [-0.25, -0.2) is 0 Å². The van der Waals surface area contributed by atoms with Gasteiger partial charge in [-0.2, -0.15) is 0 Å². The second-order valence-corrected chi connectivity index (χ2v) is 5.41. The number of ketones is 1. The topological polar surface area (TPSA) is 43.1 Å². The van der Waals surface area contributed by atoms with Crippen molar-refractivity contribution in [3.05, 3.63) is 33.8 Å². The summed E-state index contributed by atoms with van der Waals surface area (Å²) in [6.45, 7) is 4.01. The molecule has 0 heterocycles. The summed E-state index contributed by atoms with van der Waals surface area (Å²) >= 11 is 11.9. The highest BCUT2D eigenvalue weighted by Crippen LogP contribution is 2.21. The molecule has 1 unspecified atom stereocenters. The van der Waals surface area contributed by atoms with E-state index in [1.54, 1.807) is 18.2 Å². The van der Waals surface area contributed by atoms with Crippen LogP contribution in [-0.2, 0) is 11.2 Å². The zero-order valence-corrected chi connectivity index (χ0v) is 11.6. The molecule has 4 heteroatoms. The monoisotopic (exact) mass is 273 g/mol. The average molecular weight is 274 g/mol. The molecule has 2 nitrogen and oxygen atoms in total. The van der Waals surface area contributed by atoms with Crippen molar-refractivity contribution >= 4 is 29.0 Å². The summed E-state index contributed by atoms with van der Waals surface area (Å²) in [4.78, 5) is 11.8. The summed E-state index contributed by atoms with van der Waals surface area (Å²) in [6, 6.07) is 5.04. The number of halogens is 2. The van der Waals surface area contributed by atoms with Crippen molar-refractivity contribution in [2.24, 2.45) is 11.7 Å². The number of Topliss-reactive ketones (excluding diaryl/α,β-unsaturated/α-hetero) is 1. The third-order valence-electron chi connectivity index (χ3n) is 2.72. The van der Waals surface area contributed by atoms with Crippen molar-refractivity contribution in [1.29, 1.82) is 0 Å². The lowest BCUT2D eigenvalue weighted by Gasteiger charge is -2.14. The molecule has 0 aromatic heterocycles. The van der Waals surface area contributed by atoms with Crippen LogP contribution in [0.15, 0.2) is 18.2 Å². The molecule has 1 rings (SSSR count). The predicted molar refractivity (Wildman–Crippen MR) is 72.6 cm³/mol. The van der Waals surface area contributed by atoms with Gasteiger partial charge in [-0.1, -0.05) is 37.0 Å². The maximum absolute atomic E-state index is 11.8. The zero-order valence-electron chi connectivity index (χ0n) is 10.0. The van der Waals surface area contributed by atoms with Crippen LogP contribution in [0.2, 0.25) is 10.0 Å². The molecule has 0 bridgehead atoms. The molecule has 94 valence electrons. The van der Waals surface area contributed by atoms with Crippen molar-refractivity contribution in [1.82, 2.24) is 0 Å². The SMILES string of the molecule is CC(C)C(N)CC(=O)Cc1cc(Cl)ccc1Cl. The normalized spacial score (nSPS) is 12.8. The van der Waals surface area contributed by atoms with Crippen LogP contribution in [0.1, 0.15) is 25.8 Å². The first kappa shape index (κ1) is 14.5. The summed E-state index contributed by atoms with van der Waals surface area (Å²) in [7, 11) is 0. The summed E-state index contributed by atoms with van der Waals surface area (Å²) in [6.07, 6.45) is 0.667. The highest BCUT2D eigenvalue weighted by atomic mass is 35.5. The van der Waals surface area contributed by atoms with Crippen LogP contribution in [0.25, 0.3) is 0 Å². The minimum absolute atomic E-state index is 0.0929. The van der Waals surface area contributed by atoms with E-state index in [1.165, 1.54) is 0 Å². The van der Waals surface area contributed by atoms with Crippen LogP contribution in [0.3, 0.4) is 0 Å². The van der Waals surface area contributed by atoms with Gasteiger partial charge in [0.25, 0.3) is 0 Å². The van der Waals surface area contributed by atoms with Crippen LogP contribution >= 0.6 is 23.2 Å². The number of hydrogen-bond acceptors (Lipinski definition) is 2. The number of benzene rings is 1. The number of rotatable bonds is 5. The van der Waals surface area contributed by atoms with Crippen molar-refractivity contribution in [3.63, 3.8) is 0 Å². The third-order valence-corrected chi connectivity index (χ3v) is 3.32. The Morgan fingerprint density at radius 1 is 1.35 bits per heavy atom. The number of hydrogen-bond donors (Lipinski definition) is 1. The van der Waals surface area contributed by atoms with Crippen molar-refractivity contribution in [2.45, 2.75) is 32.7 Å². The smallest absolute Gasteiger partial charge is 0.138 e. The van der Waals surface area contributed by atoms with E-state index in [0.29, 0.717) is 28.8 Å². The lowest BCUT2D eigenvalue weighted by molar-refractivity contribution is -0.118. The highest BCUT2D eigenvalue weighted by Gasteiger charge is 2.14. The Morgan fingerprint density at radius 2 is 2.00 bits per heavy atom. The average Bonchev–Trinajstić information content (AvgIpc) is 2.23. The van der Waals surface area contributed by atoms with E-state index in [2.05, 4.69) is 0 Å². The van der Waals surface area contributed by atoms with E-state index < -0.39 is 0 Å². The fraction of sp³-hybridized carbons (Fsp3) is 0.462. The Balaban J connectivity index is 2.65. The van der Waals surface area contributed by atoms with Crippen molar-refractivity contribution < 1.29 is 4.79 Å². The molecule has 2 N–H and O–H groups in total. The molecular formula is C13H17Cl2NO. The maximum Gasteiger partial charge on any atom is 0.138 e. The minimum atomic E-state index is -0.0968. The second kappa shape index (κ2) is 6.39. The molecule has 0 radical (unpaired) electrons. The molecule has 0 saturated heterocycles. The first-order valence-electron chi connectivity index (χ1n) is 5.61. The number of nitrogens with two attached hydrogens (primary N) is 1. The van der Waals surface area contributed by atoms with E-state index in [-0.39, 0.29) is 11.8 Å². The van der Waals surface area contributed by atoms with E-state index in [1.807, 2.05) is 13.8 Å². The Hall–Kier alpha value is -0.570. The molecule has 0 saturated carbocycles. The van der Waals surface area contributed by atoms with Crippen LogP contribution < -0.4 is 5.73 Å². The Morgan fingerprint density at radius 3 is 2.59 bits per heavy atom. The van der Waals surface area contributed by atoms with Crippen molar-refractivity contribution in [3.8, 4) is 0 Å². The van der Waals surface area contributed by atoms with E-state index in [9.17, 15) is 4.79 Å². The standard InChI is InChI=1S/C13H17Cl2NO/c1-8(2)13(16)7-11(17)6-9-5-10(14)3-4-12(9)15/h3-5,8,13H,6-7,16H2,1-2H3. The fourth-order valence-corrected chi connectivity index (χ4v) is 1.84. The summed E-state index contributed by atoms with van der Waals surface area (Å²) in [5.41, 5.74) is 6.62. The molecular weight excluding hydrogens is 257 g/mol. The van der Waals surface area contributed by atoms with Gasteiger partial charge in [0, 0.05) is 28.9 Å². The van der Waals surface area contributed by atoms with Gasteiger partial charge in [0.15, 0.2) is 0 Å². The van der Waals surface area contributed by atoms with Crippen LogP contribution in [0.4, 0.5) is 0 Å². The molecule has 0 fully saturated rings. The Bertz CT molecular complexity index is 404. The van der Waals surface area contributed by atoms with Gasteiger partial charge in [-0.3, -0.25) is 4.79 Å². The van der Waals surface area contributed by atoms with Gasteiger partial charge in [-0.15, -0.1) is 0 Å². The fourth-order valence-electron chi connectivity index (χ4n) is 1.46. The molecule has 0 aliphatic rings. The van der Waals surface area contributed by atoms with Gasteiger partial charge in [0.2, 0.25) is 0 Å². The van der Waals surface area contributed by atoms with Crippen LogP contribution in [0, 0.1) is 5.92 Å². The molecule has 17 heavy (non-hydrogen) atoms. The van der Waals surface area contributed by atoms with Gasteiger partial charge in [0.05, 0.1) is 0 Å². The summed E-state index contributed by atoms with van der Waals surface area (Å²) < 4.78 is 0. The Labute approximate surface area is 112 Å². The van der Waals surface area contributed by atoms with E-state index in [0.717, 1.165) is 5.56 Å². The Kier molecular flexibility index (Phi) is 5.44. The lowest BCUT2D eigenvalue weighted by Crippen LogP contribution is -2.29. The quantitative estimate of drug-likeness (QED) is 0.893. The third kappa shape index (κ3) is 4.66. The largest absolute Gasteiger partial charge is 0.327 e. The molecule has 1 atom stereocenters. The summed E-state index contributed by atoms with van der Waals surface area (Å²) in [5.74, 6) is 0.393. The maximum atomic E-state index is 11.8. The molecule has 1 aromatic rings. The first-order chi connectivity index (χ1) is 7.90. The van der Waals surface area contributed by atoms with E-state index in [4.69, 9.17) is 28.9 Å². The lowest BCUT2D eigenvalue weighted by atomic mass is 9.97. The van der Waals surface area contributed by atoms with Crippen molar-refractivity contribution in [2.75, 3.05) is 0 Å². The van der Waals surface area contributed by atoms with Crippen LogP contribution in [-0.4, -0.2) is 11.8 Å². The predicted octanol–water partition coefficient (Wildman–Crippen LogP) is 3.48. The minimum Gasteiger partial charge on any atom is -0.327 e. The van der Waals surface area contributed by atoms with Gasteiger partial charge >= 0.3 is 0 Å².